The Bertz CT molecular complexity index is 559. The van der Waals surface area contributed by atoms with Gasteiger partial charge in [-0.2, -0.15) is 5.10 Å². The molecular formula is C12H13FN4O. The summed E-state index contributed by atoms with van der Waals surface area (Å²) in [5, 5.41) is 9.25. The monoisotopic (exact) mass is 248 g/mol. The molecule has 0 saturated heterocycles. The number of nitrogens with two attached hydrogens (primary N) is 1. The Balaban J connectivity index is 2.16. The number of hydrogen-bond donors (Lipinski definition) is 3. The second-order valence-electron chi connectivity index (χ2n) is 3.86. The molecular weight excluding hydrogens is 235 g/mol. The van der Waals surface area contributed by atoms with Gasteiger partial charge in [-0.05, 0) is 24.6 Å². The molecule has 2 rings (SSSR count). The Hall–Kier alpha value is -2.37. The van der Waals surface area contributed by atoms with Crippen molar-refractivity contribution in [3.05, 3.63) is 41.3 Å². The number of halogens is 1. The molecule has 1 aromatic carbocycles. The maximum absolute atomic E-state index is 13.1. The summed E-state index contributed by atoms with van der Waals surface area (Å²) in [6, 6.07) is 5.41. The van der Waals surface area contributed by atoms with Crippen molar-refractivity contribution < 1.29 is 9.18 Å². The molecule has 94 valence electrons. The van der Waals surface area contributed by atoms with Gasteiger partial charge in [0.1, 0.15) is 5.82 Å². The molecule has 0 bridgehead atoms. The number of anilines is 2. The van der Waals surface area contributed by atoms with Gasteiger partial charge in [-0.3, -0.25) is 9.89 Å². The summed E-state index contributed by atoms with van der Waals surface area (Å²) < 4.78 is 13.1. The number of benzene rings is 1. The van der Waals surface area contributed by atoms with Crippen LogP contribution < -0.4 is 11.1 Å². The fourth-order valence-electron chi connectivity index (χ4n) is 1.54. The molecule has 0 aliphatic heterocycles. The summed E-state index contributed by atoms with van der Waals surface area (Å²) in [5.74, 6) is -0.591. The van der Waals surface area contributed by atoms with Crippen LogP contribution in [-0.4, -0.2) is 16.1 Å². The van der Waals surface area contributed by atoms with Gasteiger partial charge in [0.15, 0.2) is 5.82 Å². The highest BCUT2D eigenvalue weighted by molar-refractivity contribution is 6.04. The third-order valence-electron chi connectivity index (χ3n) is 2.44. The molecule has 5 nitrogen and oxygen atoms in total. The van der Waals surface area contributed by atoms with Gasteiger partial charge in [-0.15, -0.1) is 0 Å². The summed E-state index contributed by atoms with van der Waals surface area (Å²) in [6.07, 6.45) is 0.787. The second-order valence-corrected chi connectivity index (χ2v) is 3.86. The highest BCUT2D eigenvalue weighted by Crippen LogP contribution is 2.13. The number of H-pyrrole nitrogens is 1. The van der Waals surface area contributed by atoms with E-state index in [1.807, 2.05) is 6.92 Å². The second kappa shape index (κ2) is 4.87. The zero-order chi connectivity index (χ0) is 13.1. The van der Waals surface area contributed by atoms with Crippen molar-refractivity contribution in [1.82, 2.24) is 10.2 Å². The summed E-state index contributed by atoms with van der Waals surface area (Å²) in [4.78, 5) is 11.8. The number of aromatic amines is 1. The quantitative estimate of drug-likeness (QED) is 0.726. The van der Waals surface area contributed by atoms with Gasteiger partial charge < -0.3 is 11.1 Å². The Morgan fingerprint density at radius 1 is 1.44 bits per heavy atom. The predicted octanol–water partition coefficient (Wildman–Crippen LogP) is 1.95. The van der Waals surface area contributed by atoms with Gasteiger partial charge in [-0.25, -0.2) is 4.39 Å². The first-order valence-corrected chi connectivity index (χ1v) is 5.50. The van der Waals surface area contributed by atoms with Crippen LogP contribution in [0.15, 0.2) is 24.3 Å². The van der Waals surface area contributed by atoms with Crippen LogP contribution in [0.2, 0.25) is 0 Å². The number of nitrogens with one attached hydrogen (secondary N) is 2. The highest BCUT2D eigenvalue weighted by atomic mass is 19.1. The smallest absolute Gasteiger partial charge is 0.257 e. The molecule has 0 radical (unpaired) electrons. The number of carbonyl (C=O) groups is 1. The van der Waals surface area contributed by atoms with Crippen molar-refractivity contribution in [2.24, 2.45) is 0 Å². The summed E-state index contributed by atoms with van der Waals surface area (Å²) in [7, 11) is 0. The molecule has 1 aromatic heterocycles. The number of amides is 1. The first kappa shape index (κ1) is 12.1. The van der Waals surface area contributed by atoms with E-state index >= 15 is 0 Å². The normalized spacial score (nSPS) is 10.3. The number of aromatic nitrogens is 2. The van der Waals surface area contributed by atoms with Crippen molar-refractivity contribution in [3.8, 4) is 0 Å². The van der Waals surface area contributed by atoms with Gasteiger partial charge in [0, 0.05) is 23.0 Å². The predicted molar refractivity (Wildman–Crippen MR) is 66.7 cm³/mol. The number of hydrogen-bond acceptors (Lipinski definition) is 3. The van der Waals surface area contributed by atoms with Crippen LogP contribution in [0.4, 0.5) is 15.9 Å². The molecule has 0 saturated carbocycles. The largest absolute Gasteiger partial charge is 0.399 e. The lowest BCUT2D eigenvalue weighted by atomic mass is 10.2. The summed E-state index contributed by atoms with van der Waals surface area (Å²) >= 11 is 0. The van der Waals surface area contributed by atoms with Crippen molar-refractivity contribution >= 4 is 17.4 Å². The lowest BCUT2D eigenvalue weighted by Crippen LogP contribution is -2.12. The standard InChI is InChI=1S/C12H13FN4O/c1-2-10-6-11(17-16-10)15-12(18)7-3-8(13)5-9(14)4-7/h3-6H,2,14H2,1H3,(H2,15,16,17,18). The number of aryl methyl sites for hydroxylation is 1. The molecule has 0 atom stereocenters. The molecule has 0 fully saturated rings. The molecule has 0 unspecified atom stereocenters. The van der Waals surface area contributed by atoms with Crippen LogP contribution in [-0.2, 0) is 6.42 Å². The van der Waals surface area contributed by atoms with Crippen molar-refractivity contribution in [3.63, 3.8) is 0 Å². The first-order chi connectivity index (χ1) is 8.58. The third-order valence-corrected chi connectivity index (χ3v) is 2.44. The van der Waals surface area contributed by atoms with Gasteiger partial charge in [-0.1, -0.05) is 6.92 Å². The first-order valence-electron chi connectivity index (χ1n) is 5.50. The molecule has 0 spiro atoms. The van der Waals surface area contributed by atoms with E-state index in [2.05, 4.69) is 15.5 Å². The minimum absolute atomic E-state index is 0.161. The van der Waals surface area contributed by atoms with E-state index < -0.39 is 11.7 Å². The van der Waals surface area contributed by atoms with Crippen LogP contribution >= 0.6 is 0 Å². The van der Waals surface area contributed by atoms with Crippen LogP contribution in [0.25, 0.3) is 0 Å². The Morgan fingerprint density at radius 2 is 2.22 bits per heavy atom. The molecule has 1 heterocycles. The SMILES string of the molecule is CCc1cc(NC(=O)c2cc(N)cc(F)c2)n[nH]1. The summed E-state index contributed by atoms with van der Waals surface area (Å²) in [6.45, 7) is 1.96. The van der Waals surface area contributed by atoms with E-state index in [-0.39, 0.29) is 11.3 Å². The minimum Gasteiger partial charge on any atom is -0.399 e. The average Bonchev–Trinajstić information content (AvgIpc) is 2.75. The van der Waals surface area contributed by atoms with Gasteiger partial charge in [0.2, 0.25) is 0 Å². The molecule has 18 heavy (non-hydrogen) atoms. The maximum atomic E-state index is 13.1. The molecule has 1 amide bonds. The van der Waals surface area contributed by atoms with E-state index in [0.717, 1.165) is 24.2 Å². The third kappa shape index (κ3) is 2.65. The fraction of sp³-hybridized carbons (Fsp3) is 0.167. The Morgan fingerprint density at radius 3 is 2.83 bits per heavy atom. The van der Waals surface area contributed by atoms with E-state index in [4.69, 9.17) is 5.73 Å². The molecule has 0 aliphatic rings. The van der Waals surface area contributed by atoms with E-state index in [0.29, 0.717) is 5.82 Å². The molecule has 2 aromatic rings. The topological polar surface area (TPSA) is 83.8 Å². The average molecular weight is 248 g/mol. The number of nitrogen functional groups attached to an aromatic ring is 1. The van der Waals surface area contributed by atoms with Crippen LogP contribution in [0.1, 0.15) is 23.0 Å². The van der Waals surface area contributed by atoms with Crippen molar-refractivity contribution in [1.29, 1.82) is 0 Å². The molecule has 6 heteroatoms. The van der Waals surface area contributed by atoms with E-state index in [1.165, 1.54) is 6.07 Å². The van der Waals surface area contributed by atoms with E-state index in [9.17, 15) is 9.18 Å². The van der Waals surface area contributed by atoms with Crippen LogP contribution in [0, 0.1) is 5.82 Å². The molecule has 0 aliphatic carbocycles. The zero-order valence-corrected chi connectivity index (χ0v) is 9.83. The van der Waals surface area contributed by atoms with Gasteiger partial charge in [0.25, 0.3) is 5.91 Å². The Labute approximate surface area is 103 Å². The van der Waals surface area contributed by atoms with Crippen LogP contribution in [0.5, 0.6) is 0 Å². The lowest BCUT2D eigenvalue weighted by Gasteiger charge is -2.03. The van der Waals surface area contributed by atoms with Crippen molar-refractivity contribution in [2.75, 3.05) is 11.1 Å². The van der Waals surface area contributed by atoms with Crippen molar-refractivity contribution in [2.45, 2.75) is 13.3 Å². The number of rotatable bonds is 3. The molecule has 4 N–H and O–H groups in total. The Kier molecular flexibility index (Phi) is 3.27. The highest BCUT2D eigenvalue weighted by Gasteiger charge is 2.10. The zero-order valence-electron chi connectivity index (χ0n) is 9.83. The number of nitrogens with zero attached hydrogens (tertiary/aromatic N) is 1. The van der Waals surface area contributed by atoms with Crippen LogP contribution in [0.3, 0.4) is 0 Å². The lowest BCUT2D eigenvalue weighted by molar-refractivity contribution is 0.102. The maximum Gasteiger partial charge on any atom is 0.257 e. The minimum atomic E-state index is -0.545. The number of carbonyl (C=O) groups excluding carboxylic acids is 1. The summed E-state index contributed by atoms with van der Waals surface area (Å²) in [5.41, 5.74) is 6.75. The van der Waals surface area contributed by atoms with Gasteiger partial charge >= 0.3 is 0 Å². The van der Waals surface area contributed by atoms with Gasteiger partial charge in [0.05, 0.1) is 0 Å². The van der Waals surface area contributed by atoms with E-state index in [1.54, 1.807) is 6.07 Å². The fourth-order valence-corrected chi connectivity index (χ4v) is 1.54.